The summed E-state index contributed by atoms with van der Waals surface area (Å²) in [7, 11) is 0. The van der Waals surface area contributed by atoms with Crippen molar-refractivity contribution in [3.05, 3.63) is 53.7 Å². The van der Waals surface area contributed by atoms with Crippen molar-refractivity contribution in [2.75, 3.05) is 6.54 Å². The number of nitrogens with one attached hydrogen (secondary N) is 1. The van der Waals surface area contributed by atoms with Crippen LogP contribution in [0.5, 0.6) is 0 Å². The van der Waals surface area contributed by atoms with E-state index < -0.39 is 11.6 Å². The maximum Gasteiger partial charge on any atom is 0.159 e. The highest BCUT2D eigenvalue weighted by Crippen LogP contribution is 2.29. The van der Waals surface area contributed by atoms with Crippen LogP contribution < -0.4 is 5.32 Å². The van der Waals surface area contributed by atoms with Gasteiger partial charge in [0.1, 0.15) is 5.03 Å². The lowest BCUT2D eigenvalue weighted by molar-refractivity contribution is 0.506. The molecule has 2 nitrogen and oxygen atoms in total. The molecule has 1 aromatic heterocycles. The minimum atomic E-state index is -0.836. The molecule has 2 aromatic rings. The second kappa shape index (κ2) is 7.36. The summed E-state index contributed by atoms with van der Waals surface area (Å²) >= 11 is 1.34. The van der Waals surface area contributed by atoms with Gasteiger partial charge in [0, 0.05) is 17.6 Å². The Kier molecular flexibility index (Phi) is 5.49. The van der Waals surface area contributed by atoms with E-state index >= 15 is 0 Å². The molecule has 0 fully saturated rings. The molecule has 1 N–H and O–H groups in total. The summed E-state index contributed by atoms with van der Waals surface area (Å²) in [6, 6.07) is 7.74. The van der Waals surface area contributed by atoms with Gasteiger partial charge in [-0.05, 0) is 42.8 Å². The Morgan fingerprint density at radius 1 is 1.20 bits per heavy atom. The van der Waals surface area contributed by atoms with Gasteiger partial charge in [0.05, 0.1) is 0 Å². The molecular weight excluding hydrogens is 278 g/mol. The molecule has 0 saturated carbocycles. The van der Waals surface area contributed by atoms with Crippen LogP contribution in [-0.2, 0) is 6.54 Å². The van der Waals surface area contributed by atoms with Gasteiger partial charge in [0.25, 0.3) is 0 Å². The molecule has 0 aliphatic carbocycles. The number of hydrogen-bond donors (Lipinski definition) is 1. The van der Waals surface area contributed by atoms with Crippen LogP contribution in [0, 0.1) is 11.6 Å². The first-order chi connectivity index (χ1) is 9.70. The number of hydrogen-bond acceptors (Lipinski definition) is 3. The van der Waals surface area contributed by atoms with E-state index in [-0.39, 0.29) is 0 Å². The zero-order chi connectivity index (χ0) is 14.4. The van der Waals surface area contributed by atoms with Gasteiger partial charge in [-0.25, -0.2) is 13.8 Å². The minimum Gasteiger partial charge on any atom is -0.313 e. The number of nitrogens with zero attached hydrogens (tertiary/aromatic N) is 1. The maximum absolute atomic E-state index is 13.2. The normalized spacial score (nSPS) is 10.8. The van der Waals surface area contributed by atoms with Gasteiger partial charge in [-0.1, -0.05) is 24.8 Å². The zero-order valence-electron chi connectivity index (χ0n) is 11.2. The van der Waals surface area contributed by atoms with Crippen molar-refractivity contribution in [1.29, 1.82) is 0 Å². The molecule has 0 bridgehead atoms. The highest BCUT2D eigenvalue weighted by atomic mass is 32.2. The molecule has 20 heavy (non-hydrogen) atoms. The average molecular weight is 294 g/mol. The fourth-order valence-electron chi connectivity index (χ4n) is 1.70. The van der Waals surface area contributed by atoms with Gasteiger partial charge in [0.15, 0.2) is 11.6 Å². The summed E-state index contributed by atoms with van der Waals surface area (Å²) in [6.45, 7) is 3.76. The summed E-state index contributed by atoms with van der Waals surface area (Å²) in [5.41, 5.74) is 1.05. The van der Waals surface area contributed by atoms with E-state index in [0.717, 1.165) is 29.6 Å². The van der Waals surface area contributed by atoms with Crippen LogP contribution >= 0.6 is 11.8 Å². The Labute approximate surface area is 121 Å². The zero-order valence-corrected chi connectivity index (χ0v) is 12.0. The average Bonchev–Trinajstić information content (AvgIpc) is 2.45. The lowest BCUT2D eigenvalue weighted by Gasteiger charge is -2.09. The Bertz CT molecular complexity index is 576. The molecule has 1 aromatic carbocycles. The van der Waals surface area contributed by atoms with Gasteiger partial charge >= 0.3 is 0 Å². The van der Waals surface area contributed by atoms with E-state index in [1.165, 1.54) is 17.8 Å². The molecule has 1 heterocycles. The number of rotatable bonds is 6. The minimum absolute atomic E-state index is 0.638. The maximum atomic E-state index is 13.2. The van der Waals surface area contributed by atoms with Crippen LogP contribution in [0.2, 0.25) is 0 Å². The Hall–Kier alpha value is -1.46. The third kappa shape index (κ3) is 4.02. The monoisotopic (exact) mass is 294 g/mol. The molecule has 0 atom stereocenters. The van der Waals surface area contributed by atoms with Crippen molar-refractivity contribution in [1.82, 2.24) is 10.3 Å². The first-order valence-electron chi connectivity index (χ1n) is 6.48. The first kappa shape index (κ1) is 14.9. The van der Waals surface area contributed by atoms with Gasteiger partial charge in [0.2, 0.25) is 0 Å². The topological polar surface area (TPSA) is 24.9 Å². The second-order valence-corrected chi connectivity index (χ2v) is 5.38. The highest BCUT2D eigenvalue weighted by molar-refractivity contribution is 7.99. The molecule has 0 amide bonds. The van der Waals surface area contributed by atoms with Crippen LogP contribution in [0.15, 0.2) is 46.5 Å². The van der Waals surface area contributed by atoms with Crippen LogP contribution in [0.25, 0.3) is 0 Å². The van der Waals surface area contributed by atoms with Crippen LogP contribution in [0.1, 0.15) is 18.9 Å². The molecule has 0 saturated heterocycles. The summed E-state index contributed by atoms with van der Waals surface area (Å²) < 4.78 is 26.1. The number of pyridine rings is 1. The standard InChI is InChI=1S/C15H16F2N2S/c1-2-7-18-10-11-4-3-8-19-15(11)20-12-5-6-13(16)14(17)9-12/h3-6,8-9,18H,2,7,10H2,1H3. The predicted octanol–water partition coefficient (Wildman–Crippen LogP) is 4.01. The van der Waals surface area contributed by atoms with E-state index in [1.807, 2.05) is 12.1 Å². The lowest BCUT2D eigenvalue weighted by Crippen LogP contribution is -2.14. The van der Waals surface area contributed by atoms with Gasteiger partial charge < -0.3 is 5.32 Å². The SMILES string of the molecule is CCCNCc1cccnc1Sc1ccc(F)c(F)c1. The summed E-state index contributed by atoms with van der Waals surface area (Å²) in [4.78, 5) is 4.95. The highest BCUT2D eigenvalue weighted by Gasteiger charge is 2.08. The van der Waals surface area contributed by atoms with Gasteiger partial charge in [-0.15, -0.1) is 0 Å². The van der Waals surface area contributed by atoms with Crippen LogP contribution in [0.3, 0.4) is 0 Å². The quantitative estimate of drug-likeness (QED) is 0.815. The number of halogens is 2. The van der Waals surface area contributed by atoms with Crippen molar-refractivity contribution in [3.63, 3.8) is 0 Å². The van der Waals surface area contributed by atoms with Gasteiger partial charge in [-0.3, -0.25) is 0 Å². The molecule has 106 valence electrons. The Morgan fingerprint density at radius 2 is 2.05 bits per heavy atom. The molecule has 0 unspecified atom stereocenters. The third-order valence-electron chi connectivity index (χ3n) is 2.70. The van der Waals surface area contributed by atoms with Crippen molar-refractivity contribution in [2.24, 2.45) is 0 Å². The van der Waals surface area contributed by atoms with Crippen molar-refractivity contribution < 1.29 is 8.78 Å². The van der Waals surface area contributed by atoms with Crippen molar-refractivity contribution in [2.45, 2.75) is 29.8 Å². The molecule has 2 rings (SSSR count). The summed E-state index contributed by atoms with van der Waals surface area (Å²) in [5, 5.41) is 4.12. The van der Waals surface area contributed by atoms with E-state index in [1.54, 1.807) is 12.3 Å². The fourth-order valence-corrected chi connectivity index (χ4v) is 2.61. The molecule has 0 spiro atoms. The largest absolute Gasteiger partial charge is 0.313 e. The van der Waals surface area contributed by atoms with Gasteiger partial charge in [-0.2, -0.15) is 0 Å². The van der Waals surface area contributed by atoms with Crippen LogP contribution in [0.4, 0.5) is 8.78 Å². The molecule has 0 aliphatic heterocycles. The van der Waals surface area contributed by atoms with Crippen LogP contribution in [-0.4, -0.2) is 11.5 Å². The Morgan fingerprint density at radius 3 is 2.80 bits per heavy atom. The first-order valence-corrected chi connectivity index (χ1v) is 7.30. The number of aromatic nitrogens is 1. The molecule has 0 radical (unpaired) electrons. The second-order valence-electron chi connectivity index (χ2n) is 4.32. The number of benzene rings is 1. The predicted molar refractivity (Wildman–Crippen MR) is 76.7 cm³/mol. The van der Waals surface area contributed by atoms with E-state index in [0.29, 0.717) is 11.4 Å². The summed E-state index contributed by atoms with van der Waals surface area (Å²) in [5.74, 6) is -1.67. The molecule has 0 aliphatic rings. The smallest absolute Gasteiger partial charge is 0.159 e. The lowest BCUT2D eigenvalue weighted by atomic mass is 10.3. The third-order valence-corrected chi connectivity index (χ3v) is 3.75. The van der Waals surface area contributed by atoms with Crippen molar-refractivity contribution >= 4 is 11.8 Å². The molecular formula is C15H16F2N2S. The molecule has 5 heteroatoms. The van der Waals surface area contributed by atoms with Crippen molar-refractivity contribution in [3.8, 4) is 0 Å². The fraction of sp³-hybridized carbons (Fsp3) is 0.267. The van der Waals surface area contributed by atoms with E-state index in [9.17, 15) is 8.78 Å². The summed E-state index contributed by atoms with van der Waals surface area (Å²) in [6.07, 6.45) is 2.76. The van der Waals surface area contributed by atoms with E-state index in [4.69, 9.17) is 0 Å². The Balaban J connectivity index is 2.13. The van der Waals surface area contributed by atoms with E-state index in [2.05, 4.69) is 17.2 Å².